The van der Waals surface area contributed by atoms with E-state index in [-0.39, 0.29) is 42.1 Å². The standard InChI is InChI=1S/C18H21ClN4O5.2ClH/c1-27-16-4-2-3-12(18(16)28-11-17(20)24)10-21-7-8-22-15-6-5-13(23(25)26)9-14(15)19;;/h2-6,9,21-22H,7-8,10-11H2,1H3,(H2,20,24);2*1H. The van der Waals surface area contributed by atoms with Crippen molar-refractivity contribution in [2.75, 3.05) is 32.1 Å². The fourth-order valence-electron chi connectivity index (χ4n) is 2.44. The van der Waals surface area contributed by atoms with Crippen molar-refractivity contribution in [3.8, 4) is 11.5 Å². The number of hydrogen-bond donors (Lipinski definition) is 3. The number of hydrogen-bond acceptors (Lipinski definition) is 7. The summed E-state index contributed by atoms with van der Waals surface area (Å²) in [4.78, 5) is 21.2. The molecule has 0 aromatic heterocycles. The van der Waals surface area contributed by atoms with Crippen molar-refractivity contribution in [1.29, 1.82) is 0 Å². The van der Waals surface area contributed by atoms with Crippen LogP contribution < -0.4 is 25.8 Å². The lowest BCUT2D eigenvalue weighted by Crippen LogP contribution is -2.23. The Morgan fingerprint density at radius 3 is 2.57 bits per heavy atom. The van der Waals surface area contributed by atoms with Gasteiger partial charge >= 0.3 is 0 Å². The van der Waals surface area contributed by atoms with Crippen LogP contribution in [0.3, 0.4) is 0 Å². The Morgan fingerprint density at radius 1 is 1.23 bits per heavy atom. The molecule has 4 N–H and O–H groups in total. The smallest absolute Gasteiger partial charge is 0.271 e. The third-order valence-corrected chi connectivity index (χ3v) is 4.05. The van der Waals surface area contributed by atoms with Gasteiger partial charge in [-0.05, 0) is 12.1 Å². The lowest BCUT2D eigenvalue weighted by Gasteiger charge is -2.15. The first-order chi connectivity index (χ1) is 13.4. The third-order valence-electron chi connectivity index (χ3n) is 3.74. The lowest BCUT2D eigenvalue weighted by atomic mass is 10.2. The number of non-ortho nitro benzene ring substituents is 1. The number of nitro benzene ring substituents is 1. The van der Waals surface area contributed by atoms with Gasteiger partial charge in [0.15, 0.2) is 18.1 Å². The molecule has 1 amide bonds. The Hall–Kier alpha value is -2.46. The van der Waals surface area contributed by atoms with E-state index in [9.17, 15) is 14.9 Å². The van der Waals surface area contributed by atoms with Crippen molar-refractivity contribution in [3.63, 3.8) is 0 Å². The van der Waals surface area contributed by atoms with E-state index in [4.69, 9.17) is 26.8 Å². The zero-order valence-corrected chi connectivity index (χ0v) is 18.4. The number of nitrogens with two attached hydrogens (primary N) is 1. The van der Waals surface area contributed by atoms with Crippen LogP contribution in [0.1, 0.15) is 5.56 Å². The van der Waals surface area contributed by atoms with Gasteiger partial charge in [-0.25, -0.2) is 0 Å². The molecule has 2 rings (SSSR count). The molecule has 0 aliphatic rings. The number of para-hydroxylation sites is 1. The number of nitro groups is 1. The first-order valence-electron chi connectivity index (χ1n) is 8.38. The Balaban J connectivity index is 0.00000420. The maximum atomic E-state index is 11.0. The zero-order valence-electron chi connectivity index (χ0n) is 16.1. The van der Waals surface area contributed by atoms with E-state index < -0.39 is 10.8 Å². The number of halogens is 3. The van der Waals surface area contributed by atoms with E-state index in [0.717, 1.165) is 5.56 Å². The van der Waals surface area contributed by atoms with Gasteiger partial charge in [0.2, 0.25) is 0 Å². The number of ether oxygens (including phenoxy) is 2. The van der Waals surface area contributed by atoms with E-state index in [1.165, 1.54) is 19.2 Å². The Morgan fingerprint density at radius 2 is 1.97 bits per heavy atom. The van der Waals surface area contributed by atoms with Crippen molar-refractivity contribution in [2.24, 2.45) is 5.73 Å². The Bertz CT molecular complexity index is 855. The summed E-state index contributed by atoms with van der Waals surface area (Å²) < 4.78 is 10.7. The minimum absolute atomic E-state index is 0. The summed E-state index contributed by atoms with van der Waals surface area (Å²) in [7, 11) is 1.52. The highest BCUT2D eigenvalue weighted by Crippen LogP contribution is 2.31. The van der Waals surface area contributed by atoms with E-state index in [1.54, 1.807) is 12.1 Å². The molecular weight excluding hydrogens is 459 g/mol. The number of rotatable bonds is 11. The topological polar surface area (TPSA) is 129 Å². The SMILES string of the molecule is COc1cccc(CNCCNc2ccc([N+](=O)[O-])cc2Cl)c1OCC(N)=O.Cl.Cl. The van der Waals surface area contributed by atoms with Crippen LogP contribution in [0.2, 0.25) is 5.02 Å². The minimum atomic E-state index is -0.575. The van der Waals surface area contributed by atoms with Crippen molar-refractivity contribution in [3.05, 3.63) is 57.1 Å². The molecule has 0 saturated carbocycles. The number of methoxy groups -OCH3 is 1. The van der Waals surface area contributed by atoms with Crippen LogP contribution >= 0.6 is 36.4 Å². The molecule has 2 aromatic rings. The normalized spacial score (nSPS) is 9.67. The summed E-state index contributed by atoms with van der Waals surface area (Å²) in [6, 6.07) is 9.67. The quantitative estimate of drug-likeness (QED) is 0.255. The summed E-state index contributed by atoms with van der Waals surface area (Å²) in [6.45, 7) is 1.35. The van der Waals surface area contributed by atoms with Crippen molar-refractivity contribution >= 4 is 53.7 Å². The van der Waals surface area contributed by atoms with Crippen LogP contribution in [0.5, 0.6) is 11.5 Å². The molecular formula is C18H23Cl3N4O5. The monoisotopic (exact) mass is 480 g/mol. The molecule has 166 valence electrons. The molecule has 0 radical (unpaired) electrons. The highest BCUT2D eigenvalue weighted by molar-refractivity contribution is 6.33. The first kappa shape index (κ1) is 27.5. The van der Waals surface area contributed by atoms with Crippen LogP contribution in [0.4, 0.5) is 11.4 Å². The molecule has 12 heteroatoms. The second-order valence-corrected chi connectivity index (χ2v) is 6.14. The maximum Gasteiger partial charge on any atom is 0.271 e. The second kappa shape index (κ2) is 13.7. The predicted octanol–water partition coefficient (Wildman–Crippen LogP) is 3.17. The number of carbonyl (C=O) groups is 1. The highest BCUT2D eigenvalue weighted by atomic mass is 35.5. The van der Waals surface area contributed by atoms with Gasteiger partial charge in [0.05, 0.1) is 22.7 Å². The molecule has 9 nitrogen and oxygen atoms in total. The van der Waals surface area contributed by atoms with Gasteiger partial charge in [-0.2, -0.15) is 0 Å². The van der Waals surface area contributed by atoms with Crippen LogP contribution in [0.15, 0.2) is 36.4 Å². The molecule has 0 spiro atoms. The van der Waals surface area contributed by atoms with Gasteiger partial charge in [-0.15, -0.1) is 24.8 Å². The lowest BCUT2D eigenvalue weighted by molar-refractivity contribution is -0.384. The molecule has 0 atom stereocenters. The van der Waals surface area contributed by atoms with Crippen molar-refractivity contribution < 1.29 is 19.2 Å². The van der Waals surface area contributed by atoms with Crippen LogP contribution in [0, 0.1) is 10.1 Å². The van der Waals surface area contributed by atoms with E-state index >= 15 is 0 Å². The van der Waals surface area contributed by atoms with Gasteiger partial charge in [0.25, 0.3) is 11.6 Å². The largest absolute Gasteiger partial charge is 0.493 e. The zero-order chi connectivity index (χ0) is 20.5. The highest BCUT2D eigenvalue weighted by Gasteiger charge is 2.12. The van der Waals surface area contributed by atoms with Gasteiger partial charge in [0, 0.05) is 37.3 Å². The van der Waals surface area contributed by atoms with E-state index in [1.807, 2.05) is 12.1 Å². The van der Waals surface area contributed by atoms with Crippen LogP contribution in [0.25, 0.3) is 0 Å². The average molecular weight is 482 g/mol. The van der Waals surface area contributed by atoms with Crippen molar-refractivity contribution in [2.45, 2.75) is 6.54 Å². The number of anilines is 1. The minimum Gasteiger partial charge on any atom is -0.493 e. The number of nitrogens with zero attached hydrogens (tertiary/aromatic N) is 1. The van der Waals surface area contributed by atoms with Gasteiger partial charge in [-0.1, -0.05) is 23.7 Å². The summed E-state index contributed by atoms with van der Waals surface area (Å²) in [5.41, 5.74) is 6.50. The molecule has 0 fully saturated rings. The van der Waals surface area contributed by atoms with Gasteiger partial charge in [0.1, 0.15) is 0 Å². The number of primary amides is 1. The molecule has 0 bridgehead atoms. The van der Waals surface area contributed by atoms with E-state index in [2.05, 4.69) is 10.6 Å². The fourth-order valence-corrected chi connectivity index (χ4v) is 2.68. The number of amides is 1. The second-order valence-electron chi connectivity index (χ2n) is 5.73. The molecule has 30 heavy (non-hydrogen) atoms. The first-order valence-corrected chi connectivity index (χ1v) is 8.75. The summed E-state index contributed by atoms with van der Waals surface area (Å²) in [5.74, 6) is 0.396. The molecule has 0 aliphatic carbocycles. The molecule has 0 aliphatic heterocycles. The maximum absolute atomic E-state index is 11.0. The van der Waals surface area contributed by atoms with Crippen LogP contribution in [-0.2, 0) is 11.3 Å². The van der Waals surface area contributed by atoms with Gasteiger partial charge in [-0.3, -0.25) is 14.9 Å². The summed E-state index contributed by atoms with van der Waals surface area (Å²) in [6.07, 6.45) is 0. The number of benzene rings is 2. The fraction of sp³-hybridized carbons (Fsp3) is 0.278. The van der Waals surface area contributed by atoms with Gasteiger partial charge < -0.3 is 25.8 Å². The Labute approximate surface area is 191 Å². The van der Waals surface area contributed by atoms with E-state index in [0.29, 0.717) is 36.8 Å². The Kier molecular flexibility index (Phi) is 12.6. The summed E-state index contributed by atoms with van der Waals surface area (Å²) >= 11 is 6.04. The van der Waals surface area contributed by atoms with Crippen LogP contribution in [-0.4, -0.2) is 37.6 Å². The molecule has 2 aromatic carbocycles. The molecule has 0 heterocycles. The number of nitrogens with one attached hydrogen (secondary N) is 2. The summed E-state index contributed by atoms with van der Waals surface area (Å²) in [5, 5.41) is 17.4. The molecule has 0 unspecified atom stereocenters. The third kappa shape index (κ3) is 8.11. The predicted molar refractivity (Wildman–Crippen MR) is 120 cm³/mol. The molecule has 0 saturated heterocycles. The number of carbonyl (C=O) groups excluding carboxylic acids is 1. The van der Waals surface area contributed by atoms with Crippen molar-refractivity contribution in [1.82, 2.24) is 5.32 Å². The average Bonchev–Trinajstić information content (AvgIpc) is 2.67.